The van der Waals surface area contributed by atoms with Gasteiger partial charge in [0.15, 0.2) is 12.2 Å². The van der Waals surface area contributed by atoms with Crippen LogP contribution in [0.2, 0.25) is 0 Å². The monoisotopic (exact) mass is 356 g/mol. The number of fused-ring (bicyclic) bond motifs is 1. The number of hydrogen-bond donors (Lipinski definition) is 1. The molecule has 4 amide bonds. The number of carbonyl (C=O) groups excluding carboxylic acids is 3. The molecule has 2 aliphatic heterocycles. The predicted molar refractivity (Wildman–Crippen MR) is 95.5 cm³/mol. The maximum absolute atomic E-state index is 12.4. The van der Waals surface area contributed by atoms with Gasteiger partial charge in [0, 0.05) is 14.1 Å². The lowest BCUT2D eigenvalue weighted by atomic mass is 10.1. The molecule has 0 aromatic heterocycles. The summed E-state index contributed by atoms with van der Waals surface area (Å²) in [7, 11) is 3.00. The van der Waals surface area contributed by atoms with Crippen LogP contribution < -0.4 is 5.43 Å². The first-order valence-electron chi connectivity index (χ1n) is 8.12. The number of hydrogen-bond acceptors (Lipinski definition) is 6. The molecule has 26 heavy (non-hydrogen) atoms. The van der Waals surface area contributed by atoms with Crippen molar-refractivity contribution >= 4 is 29.9 Å². The summed E-state index contributed by atoms with van der Waals surface area (Å²) in [6, 6.07) is 8.35. The van der Waals surface area contributed by atoms with E-state index in [1.165, 1.54) is 23.2 Å². The number of benzene rings is 1. The van der Waals surface area contributed by atoms with Gasteiger partial charge in [0.25, 0.3) is 11.8 Å². The largest absolute Gasteiger partial charge is 0.338 e. The number of rotatable bonds is 4. The number of urea groups is 1. The van der Waals surface area contributed by atoms with Crippen molar-refractivity contribution in [3.05, 3.63) is 35.9 Å². The Kier molecular flexibility index (Phi) is 4.70. The number of nitrogens with one attached hydrogen (secondary N) is 1. The van der Waals surface area contributed by atoms with Crippen molar-refractivity contribution in [3.8, 4) is 0 Å². The van der Waals surface area contributed by atoms with Crippen LogP contribution in [-0.4, -0.2) is 77.4 Å². The number of amides is 4. The number of likely N-dealkylation sites (N-methyl/N-ethyl adjacent to an activating group) is 2. The minimum absolute atomic E-state index is 0.0855. The summed E-state index contributed by atoms with van der Waals surface area (Å²) in [5, 5.41) is 4.09. The Morgan fingerprint density at radius 1 is 1.23 bits per heavy atom. The third kappa shape index (κ3) is 3.15. The summed E-state index contributed by atoms with van der Waals surface area (Å²) in [6.07, 6.45) is 0.817. The fourth-order valence-electron chi connectivity index (χ4n) is 2.93. The summed E-state index contributed by atoms with van der Waals surface area (Å²) >= 11 is 0. The zero-order valence-corrected chi connectivity index (χ0v) is 14.8. The summed E-state index contributed by atoms with van der Waals surface area (Å²) in [5.74, 6) is -0.755. The van der Waals surface area contributed by atoms with Crippen molar-refractivity contribution in [1.29, 1.82) is 0 Å². The Labute approximate surface area is 151 Å². The van der Waals surface area contributed by atoms with Gasteiger partial charge in [-0.3, -0.25) is 14.5 Å². The first-order chi connectivity index (χ1) is 12.4. The molecule has 0 radical (unpaired) electrons. The van der Waals surface area contributed by atoms with Crippen molar-refractivity contribution in [2.24, 2.45) is 10.1 Å². The molecular formula is C17H20N6O3. The van der Waals surface area contributed by atoms with E-state index in [0.29, 0.717) is 5.71 Å². The number of nitrogens with zero attached hydrogens (tertiary/aromatic N) is 5. The highest BCUT2D eigenvalue weighted by Gasteiger charge is 2.48. The van der Waals surface area contributed by atoms with Gasteiger partial charge >= 0.3 is 6.03 Å². The molecule has 136 valence electrons. The lowest BCUT2D eigenvalue weighted by molar-refractivity contribution is -0.136. The van der Waals surface area contributed by atoms with Crippen LogP contribution in [0.1, 0.15) is 12.5 Å². The van der Waals surface area contributed by atoms with Gasteiger partial charge in [0.05, 0.1) is 12.1 Å². The third-order valence-electron chi connectivity index (χ3n) is 4.44. The molecule has 1 N–H and O–H groups in total. The van der Waals surface area contributed by atoms with Crippen LogP contribution in [0.3, 0.4) is 0 Å². The van der Waals surface area contributed by atoms with E-state index >= 15 is 0 Å². The molecule has 0 saturated carbocycles. The molecule has 1 aromatic rings. The molecule has 0 bridgehead atoms. The van der Waals surface area contributed by atoms with Crippen LogP contribution in [0, 0.1) is 0 Å². The summed E-state index contributed by atoms with van der Waals surface area (Å²) in [5.41, 5.74) is 4.06. The van der Waals surface area contributed by atoms with Gasteiger partial charge in [-0.25, -0.2) is 15.2 Å². The Bertz CT molecular complexity index is 791. The third-order valence-corrected chi connectivity index (χ3v) is 4.44. The molecule has 0 spiro atoms. The number of carbonyl (C=O) groups is 3. The second-order valence-corrected chi connectivity index (χ2v) is 6.18. The van der Waals surface area contributed by atoms with Gasteiger partial charge in [0.2, 0.25) is 0 Å². The van der Waals surface area contributed by atoms with E-state index in [1.807, 2.05) is 30.3 Å². The summed E-state index contributed by atoms with van der Waals surface area (Å²) in [4.78, 5) is 44.7. The van der Waals surface area contributed by atoms with E-state index in [4.69, 9.17) is 0 Å². The highest BCUT2D eigenvalue weighted by Crippen LogP contribution is 2.24. The molecule has 2 atom stereocenters. The number of hydrazone groups is 1. The van der Waals surface area contributed by atoms with Crippen LogP contribution in [0.15, 0.2) is 40.4 Å². The van der Waals surface area contributed by atoms with E-state index in [0.717, 1.165) is 10.5 Å². The van der Waals surface area contributed by atoms with Crippen molar-refractivity contribution in [3.63, 3.8) is 0 Å². The van der Waals surface area contributed by atoms with Crippen molar-refractivity contribution in [2.45, 2.75) is 19.1 Å². The molecule has 1 saturated heterocycles. The Hall–Kier alpha value is -3.23. The smallest absolute Gasteiger partial charge is 0.328 e. The molecule has 2 heterocycles. The van der Waals surface area contributed by atoms with Gasteiger partial charge in [-0.2, -0.15) is 5.10 Å². The zero-order chi connectivity index (χ0) is 18.8. The van der Waals surface area contributed by atoms with Gasteiger partial charge in [-0.1, -0.05) is 30.3 Å². The topological polar surface area (TPSA) is 97.7 Å². The van der Waals surface area contributed by atoms with E-state index in [1.54, 1.807) is 14.0 Å². The molecule has 3 rings (SSSR count). The Morgan fingerprint density at radius 3 is 2.62 bits per heavy atom. The normalized spacial score (nSPS) is 22.7. The Morgan fingerprint density at radius 2 is 1.92 bits per heavy atom. The highest BCUT2D eigenvalue weighted by molar-refractivity contribution is 6.02. The van der Waals surface area contributed by atoms with Crippen molar-refractivity contribution in [1.82, 2.24) is 20.1 Å². The molecule has 2 aliphatic rings. The fraction of sp³-hybridized carbons (Fsp3) is 0.353. The van der Waals surface area contributed by atoms with Crippen LogP contribution in [-0.2, 0) is 9.59 Å². The minimum Gasteiger partial charge on any atom is -0.338 e. The standard InChI is InChI=1S/C17H20N6O3/c1-11(12-7-5-4-6-8-12)19-20-13(24)9-23-10-18-15-14(23)16(25)22(3)17(26)21(15)2/h4-8,10,14-15H,9H2,1-3H3,(H,20,24)/b19-11+. The van der Waals surface area contributed by atoms with Gasteiger partial charge in [-0.05, 0) is 12.5 Å². The van der Waals surface area contributed by atoms with Gasteiger partial charge in [0.1, 0.15) is 6.54 Å². The Balaban J connectivity index is 1.64. The molecule has 1 fully saturated rings. The number of aliphatic imine (C=N–C) groups is 1. The van der Waals surface area contributed by atoms with E-state index in [9.17, 15) is 14.4 Å². The maximum atomic E-state index is 12.4. The van der Waals surface area contributed by atoms with Crippen molar-refractivity contribution < 1.29 is 14.4 Å². The van der Waals surface area contributed by atoms with Gasteiger partial charge in [-0.15, -0.1) is 0 Å². The van der Waals surface area contributed by atoms with Crippen LogP contribution in [0.25, 0.3) is 0 Å². The molecule has 0 aliphatic carbocycles. The number of imide groups is 1. The van der Waals surface area contributed by atoms with Crippen LogP contribution in [0.5, 0.6) is 0 Å². The molecule has 1 aromatic carbocycles. The van der Waals surface area contributed by atoms with E-state index < -0.39 is 18.2 Å². The molecule has 9 heteroatoms. The second kappa shape index (κ2) is 6.95. The average molecular weight is 356 g/mol. The van der Waals surface area contributed by atoms with Crippen LogP contribution >= 0.6 is 0 Å². The summed E-state index contributed by atoms with van der Waals surface area (Å²) in [6.45, 7) is 1.71. The lowest BCUT2D eigenvalue weighted by Gasteiger charge is -2.39. The van der Waals surface area contributed by atoms with Crippen molar-refractivity contribution in [2.75, 3.05) is 20.6 Å². The average Bonchev–Trinajstić information content (AvgIpc) is 3.07. The quantitative estimate of drug-likeness (QED) is 0.611. The molecular weight excluding hydrogens is 336 g/mol. The SMILES string of the molecule is C/C(=N\NC(=O)CN1C=NC2C1C(=O)N(C)C(=O)N2C)c1ccccc1. The molecule has 9 nitrogen and oxygen atoms in total. The fourth-order valence-corrected chi connectivity index (χ4v) is 2.93. The summed E-state index contributed by atoms with van der Waals surface area (Å²) < 4.78 is 0. The molecule has 2 unspecified atom stereocenters. The highest BCUT2D eigenvalue weighted by atomic mass is 16.2. The maximum Gasteiger partial charge on any atom is 0.328 e. The zero-order valence-electron chi connectivity index (χ0n) is 14.8. The van der Waals surface area contributed by atoms with Gasteiger partial charge < -0.3 is 9.80 Å². The minimum atomic E-state index is -0.701. The van der Waals surface area contributed by atoms with Crippen LogP contribution in [0.4, 0.5) is 4.79 Å². The lowest BCUT2D eigenvalue weighted by Crippen LogP contribution is -2.64. The predicted octanol–water partition coefficient (Wildman–Crippen LogP) is 0.0892. The first-order valence-corrected chi connectivity index (χ1v) is 8.12. The van der Waals surface area contributed by atoms with E-state index in [-0.39, 0.29) is 18.4 Å². The van der Waals surface area contributed by atoms with E-state index in [2.05, 4.69) is 15.5 Å². The second-order valence-electron chi connectivity index (χ2n) is 6.18. The first kappa shape index (κ1) is 17.6.